The summed E-state index contributed by atoms with van der Waals surface area (Å²) in [6.07, 6.45) is 0. The lowest BCUT2D eigenvalue weighted by Crippen LogP contribution is -2.36. The Hall–Kier alpha value is -3.33. The van der Waals surface area contributed by atoms with E-state index < -0.39 is 17.7 Å². The van der Waals surface area contributed by atoms with Crippen LogP contribution in [0.25, 0.3) is 0 Å². The molecule has 2 aromatic rings. The van der Waals surface area contributed by atoms with E-state index in [1.807, 2.05) is 13.8 Å². The molecule has 1 amide bonds. The third-order valence-electron chi connectivity index (χ3n) is 4.25. The van der Waals surface area contributed by atoms with Crippen molar-refractivity contribution < 1.29 is 28.5 Å². The zero-order valence-corrected chi connectivity index (χ0v) is 19.4. The first-order valence-electron chi connectivity index (χ1n) is 9.90. The Labute approximate surface area is 192 Å². The van der Waals surface area contributed by atoms with Crippen LogP contribution in [0.1, 0.15) is 20.8 Å². The molecule has 2 rings (SSSR count). The van der Waals surface area contributed by atoms with E-state index in [1.54, 1.807) is 36.4 Å². The van der Waals surface area contributed by atoms with Crippen LogP contribution in [0.5, 0.6) is 23.0 Å². The number of hydrogen-bond acceptors (Lipinski definition) is 8. The predicted molar refractivity (Wildman–Crippen MR) is 121 cm³/mol. The van der Waals surface area contributed by atoms with Crippen LogP contribution in [-0.4, -0.2) is 45.2 Å². The van der Waals surface area contributed by atoms with Gasteiger partial charge in [-0.15, -0.1) is 5.11 Å². The zero-order valence-electron chi connectivity index (χ0n) is 18.6. The Morgan fingerprint density at radius 1 is 0.938 bits per heavy atom. The summed E-state index contributed by atoms with van der Waals surface area (Å²) in [6, 6.07) is 8.52. The molecule has 0 fully saturated rings. The summed E-state index contributed by atoms with van der Waals surface area (Å²) >= 11 is 6.33. The second-order valence-electron chi connectivity index (χ2n) is 6.33. The molecule has 0 aromatic heterocycles. The van der Waals surface area contributed by atoms with Crippen molar-refractivity contribution in [2.75, 3.05) is 31.9 Å². The van der Waals surface area contributed by atoms with Gasteiger partial charge < -0.3 is 18.9 Å². The number of carbonyl (C=O) groups is 2. The molecule has 9 nitrogen and oxygen atoms in total. The lowest BCUT2D eigenvalue weighted by molar-refractivity contribution is -0.126. The Morgan fingerprint density at radius 3 is 1.81 bits per heavy atom. The van der Waals surface area contributed by atoms with Crippen molar-refractivity contribution in [3.63, 3.8) is 0 Å². The van der Waals surface area contributed by atoms with E-state index in [-0.39, 0.29) is 22.9 Å². The van der Waals surface area contributed by atoms with Gasteiger partial charge in [0.2, 0.25) is 6.04 Å². The molecule has 0 aliphatic carbocycles. The molecule has 172 valence electrons. The molecule has 0 saturated heterocycles. The summed E-state index contributed by atoms with van der Waals surface area (Å²) in [5.74, 6) is 0.0133. The Bertz CT molecular complexity index is 936. The fourth-order valence-electron chi connectivity index (χ4n) is 2.81. The van der Waals surface area contributed by atoms with Crippen LogP contribution in [0.15, 0.2) is 46.6 Å². The molecule has 1 atom stereocenters. The molecule has 0 saturated carbocycles. The van der Waals surface area contributed by atoms with Crippen molar-refractivity contribution in [1.82, 2.24) is 0 Å². The second-order valence-corrected chi connectivity index (χ2v) is 6.67. The minimum atomic E-state index is -1.51. The smallest absolute Gasteiger partial charge is 0.276 e. The van der Waals surface area contributed by atoms with E-state index in [1.165, 1.54) is 21.1 Å². The maximum absolute atomic E-state index is 13.1. The van der Waals surface area contributed by atoms with Gasteiger partial charge in [0.1, 0.15) is 17.2 Å². The average Bonchev–Trinajstić information content (AvgIpc) is 2.79. The first-order chi connectivity index (χ1) is 15.4. The Morgan fingerprint density at radius 2 is 1.41 bits per heavy atom. The van der Waals surface area contributed by atoms with Gasteiger partial charge in [-0.2, -0.15) is 5.11 Å². The summed E-state index contributed by atoms with van der Waals surface area (Å²) in [6.45, 7) is 5.64. The standard InChI is InChI=1S/C22H26ClN3O6/c1-6-31-15-10-8-11-16(32-7-2)20(15)25-24-19(14(3)27)22(28)26(23)21-17(29-4)12-9-13-18(21)30-5/h8-13,19H,6-7H2,1-5H3. The molecule has 0 spiro atoms. The van der Waals surface area contributed by atoms with Crippen molar-refractivity contribution in [1.29, 1.82) is 0 Å². The minimum absolute atomic E-state index is 0.148. The monoisotopic (exact) mass is 463 g/mol. The first kappa shape index (κ1) is 24.9. The summed E-state index contributed by atoms with van der Waals surface area (Å²) < 4.78 is 22.5. The third kappa shape index (κ3) is 5.67. The van der Waals surface area contributed by atoms with Gasteiger partial charge in [0, 0.05) is 11.8 Å². The van der Waals surface area contributed by atoms with Gasteiger partial charge in [-0.25, -0.2) is 4.42 Å². The fourth-order valence-corrected chi connectivity index (χ4v) is 3.07. The predicted octanol–water partition coefficient (Wildman–Crippen LogP) is 4.73. The van der Waals surface area contributed by atoms with Crippen LogP contribution in [0.4, 0.5) is 11.4 Å². The maximum Gasteiger partial charge on any atom is 0.276 e. The zero-order chi connectivity index (χ0) is 23.7. The van der Waals surface area contributed by atoms with E-state index in [9.17, 15) is 9.59 Å². The lowest BCUT2D eigenvalue weighted by Gasteiger charge is -2.21. The van der Waals surface area contributed by atoms with Gasteiger partial charge in [-0.05, 0) is 45.0 Å². The van der Waals surface area contributed by atoms with E-state index in [2.05, 4.69) is 10.2 Å². The summed E-state index contributed by atoms with van der Waals surface area (Å²) in [5, 5.41) is 8.13. The minimum Gasteiger partial charge on any atom is -0.494 e. The van der Waals surface area contributed by atoms with Gasteiger partial charge >= 0.3 is 0 Å². The lowest BCUT2D eigenvalue weighted by atomic mass is 10.2. The van der Waals surface area contributed by atoms with E-state index in [0.717, 1.165) is 4.42 Å². The van der Waals surface area contributed by atoms with Crippen LogP contribution < -0.4 is 23.4 Å². The molecule has 0 radical (unpaired) electrons. The molecule has 2 aromatic carbocycles. The number of ketones is 1. The summed E-state index contributed by atoms with van der Waals surface area (Å²) in [7, 11) is 2.85. The largest absolute Gasteiger partial charge is 0.494 e. The average molecular weight is 464 g/mol. The van der Waals surface area contributed by atoms with Crippen molar-refractivity contribution in [3.05, 3.63) is 36.4 Å². The number of anilines is 1. The summed E-state index contributed by atoms with van der Waals surface area (Å²) in [5.41, 5.74) is 0.418. The van der Waals surface area contributed by atoms with Gasteiger partial charge in [0.25, 0.3) is 5.91 Å². The van der Waals surface area contributed by atoms with Crippen molar-refractivity contribution in [3.8, 4) is 23.0 Å². The molecule has 0 aliphatic heterocycles. The van der Waals surface area contributed by atoms with Crippen molar-refractivity contribution >= 4 is 34.8 Å². The van der Waals surface area contributed by atoms with Crippen LogP contribution >= 0.6 is 11.8 Å². The van der Waals surface area contributed by atoms with Crippen LogP contribution in [-0.2, 0) is 9.59 Å². The van der Waals surface area contributed by atoms with Gasteiger partial charge in [-0.1, -0.05) is 12.1 Å². The molecule has 0 N–H and O–H groups in total. The summed E-state index contributed by atoms with van der Waals surface area (Å²) in [4.78, 5) is 25.4. The number of halogens is 1. The molecule has 10 heteroatoms. The molecule has 0 aliphatic rings. The van der Waals surface area contributed by atoms with E-state index in [0.29, 0.717) is 24.7 Å². The normalized spacial score (nSPS) is 11.7. The molecule has 0 bridgehead atoms. The van der Waals surface area contributed by atoms with Gasteiger partial charge in [-0.3, -0.25) is 9.59 Å². The number of azo groups is 1. The molecule has 0 heterocycles. The van der Waals surface area contributed by atoms with Crippen LogP contribution in [0.2, 0.25) is 0 Å². The van der Waals surface area contributed by atoms with Gasteiger partial charge in [0.15, 0.2) is 23.0 Å². The van der Waals surface area contributed by atoms with Crippen LogP contribution in [0, 0.1) is 0 Å². The van der Waals surface area contributed by atoms with E-state index >= 15 is 0 Å². The number of carbonyl (C=O) groups excluding carboxylic acids is 2. The fraction of sp³-hybridized carbons (Fsp3) is 0.364. The van der Waals surface area contributed by atoms with E-state index in [4.69, 9.17) is 30.7 Å². The van der Waals surface area contributed by atoms with Gasteiger partial charge in [0.05, 0.1) is 27.4 Å². The number of Topliss-reactive ketones (excluding diaryl/α,β-unsaturated/α-hetero) is 1. The number of methoxy groups -OCH3 is 2. The highest BCUT2D eigenvalue weighted by Crippen LogP contribution is 2.40. The topological polar surface area (TPSA) is 99.0 Å². The highest BCUT2D eigenvalue weighted by molar-refractivity contribution is 6.39. The number of hydrogen-bond donors (Lipinski definition) is 0. The maximum atomic E-state index is 13.1. The SMILES string of the molecule is CCOc1cccc(OCC)c1N=NC(C(C)=O)C(=O)N(Cl)c1c(OC)cccc1OC. The highest BCUT2D eigenvalue weighted by Gasteiger charge is 2.32. The Balaban J connectivity index is 2.46. The molecular formula is C22H26ClN3O6. The molecular weight excluding hydrogens is 438 g/mol. The third-order valence-corrected chi connectivity index (χ3v) is 4.58. The number of rotatable bonds is 11. The van der Waals surface area contributed by atoms with Crippen LogP contribution in [0.3, 0.4) is 0 Å². The molecule has 32 heavy (non-hydrogen) atoms. The Kier molecular flexibility index (Phi) is 9.27. The first-order valence-corrected chi connectivity index (χ1v) is 10.2. The number of amides is 1. The molecule has 1 unspecified atom stereocenters. The number of benzene rings is 2. The number of nitrogens with zero attached hydrogens (tertiary/aromatic N) is 3. The highest BCUT2D eigenvalue weighted by atomic mass is 35.5. The number of para-hydroxylation sites is 1. The second kappa shape index (κ2) is 11.9. The number of ether oxygens (including phenoxy) is 4. The van der Waals surface area contributed by atoms with Crippen molar-refractivity contribution in [2.45, 2.75) is 26.8 Å². The van der Waals surface area contributed by atoms with Crippen molar-refractivity contribution in [2.24, 2.45) is 10.2 Å². The quantitative estimate of drug-likeness (QED) is 0.271.